The van der Waals surface area contributed by atoms with E-state index in [1.807, 2.05) is 30.1 Å². The predicted octanol–water partition coefficient (Wildman–Crippen LogP) is 2.67. The molecule has 0 aliphatic carbocycles. The molecule has 2 aromatic rings. The van der Waals surface area contributed by atoms with Gasteiger partial charge in [0.05, 0.1) is 6.54 Å². The molecule has 2 N–H and O–H groups in total. The first kappa shape index (κ1) is 21.9. The van der Waals surface area contributed by atoms with Gasteiger partial charge in [-0.15, -0.1) is 0 Å². The van der Waals surface area contributed by atoms with Crippen LogP contribution in [0.1, 0.15) is 21.5 Å². The molecule has 2 amide bonds. The maximum Gasteiger partial charge on any atom is 0.251 e. The van der Waals surface area contributed by atoms with E-state index in [4.69, 9.17) is 0 Å². The molecule has 28 heavy (non-hydrogen) atoms. The number of carbonyl (C=O) groups is 2. The summed E-state index contributed by atoms with van der Waals surface area (Å²) in [6, 6.07) is 14.1. The molecule has 0 atom stereocenters. The molecular weight excluding hydrogens is 377 g/mol. The summed E-state index contributed by atoms with van der Waals surface area (Å²) in [7, 11) is 3.47. The lowest BCUT2D eigenvalue weighted by molar-refractivity contribution is -0.121. The van der Waals surface area contributed by atoms with Gasteiger partial charge >= 0.3 is 0 Å². The standard InChI is InChI=1S/C21H26FN3O2S/c1-23-21(27)17-9-7-16(8-10-17)13-25(2)14-20(26)24-11-12-28-15-18-5-3-4-6-19(18)22/h3-10H,11-15H2,1-2H3,(H,23,27)(H,24,26). The number of likely N-dealkylation sites (N-methyl/N-ethyl adjacent to an activating group) is 1. The van der Waals surface area contributed by atoms with Crippen LogP contribution in [0.5, 0.6) is 0 Å². The van der Waals surface area contributed by atoms with Crippen molar-refractivity contribution in [3.05, 3.63) is 71.0 Å². The molecule has 0 aliphatic rings. The summed E-state index contributed by atoms with van der Waals surface area (Å²) in [6.07, 6.45) is 0. The van der Waals surface area contributed by atoms with E-state index in [9.17, 15) is 14.0 Å². The molecule has 2 aromatic carbocycles. The molecule has 0 saturated carbocycles. The van der Waals surface area contributed by atoms with E-state index in [1.54, 1.807) is 43.1 Å². The summed E-state index contributed by atoms with van der Waals surface area (Å²) in [5.41, 5.74) is 2.32. The summed E-state index contributed by atoms with van der Waals surface area (Å²) in [5.74, 6) is 0.964. The van der Waals surface area contributed by atoms with Crippen molar-refractivity contribution in [1.82, 2.24) is 15.5 Å². The smallest absolute Gasteiger partial charge is 0.251 e. The number of hydrogen-bond donors (Lipinski definition) is 2. The van der Waals surface area contributed by atoms with Gasteiger partial charge in [-0.2, -0.15) is 11.8 Å². The predicted molar refractivity (Wildman–Crippen MR) is 112 cm³/mol. The Labute approximate surface area is 169 Å². The minimum Gasteiger partial charge on any atom is -0.355 e. The number of hydrogen-bond acceptors (Lipinski definition) is 4. The lowest BCUT2D eigenvalue weighted by Crippen LogP contribution is -2.35. The van der Waals surface area contributed by atoms with Crippen LogP contribution >= 0.6 is 11.8 Å². The van der Waals surface area contributed by atoms with E-state index in [0.29, 0.717) is 30.0 Å². The molecule has 0 bridgehead atoms. The normalized spacial score (nSPS) is 10.7. The maximum atomic E-state index is 13.5. The van der Waals surface area contributed by atoms with Crippen LogP contribution in [0, 0.1) is 5.82 Å². The first-order chi connectivity index (χ1) is 13.5. The van der Waals surface area contributed by atoms with E-state index in [1.165, 1.54) is 6.07 Å². The number of thioether (sulfide) groups is 1. The first-order valence-corrected chi connectivity index (χ1v) is 10.2. The fourth-order valence-corrected chi connectivity index (χ4v) is 3.48. The molecule has 0 aromatic heterocycles. The molecule has 150 valence electrons. The molecule has 0 radical (unpaired) electrons. The number of rotatable bonds is 10. The van der Waals surface area contributed by atoms with Crippen molar-refractivity contribution >= 4 is 23.6 Å². The quantitative estimate of drug-likeness (QED) is 0.599. The van der Waals surface area contributed by atoms with Crippen LogP contribution in [-0.4, -0.2) is 49.7 Å². The Morgan fingerprint density at radius 2 is 1.82 bits per heavy atom. The first-order valence-electron chi connectivity index (χ1n) is 9.07. The van der Waals surface area contributed by atoms with Gasteiger partial charge in [0.1, 0.15) is 5.82 Å². The highest BCUT2D eigenvalue weighted by Gasteiger charge is 2.08. The van der Waals surface area contributed by atoms with Gasteiger partial charge in [-0.05, 0) is 36.4 Å². The van der Waals surface area contributed by atoms with Crippen molar-refractivity contribution < 1.29 is 14.0 Å². The van der Waals surface area contributed by atoms with Gasteiger partial charge in [0.25, 0.3) is 5.91 Å². The zero-order chi connectivity index (χ0) is 20.4. The number of nitrogens with one attached hydrogen (secondary N) is 2. The van der Waals surface area contributed by atoms with Crippen molar-refractivity contribution in [2.24, 2.45) is 0 Å². The van der Waals surface area contributed by atoms with Crippen molar-refractivity contribution in [1.29, 1.82) is 0 Å². The Morgan fingerprint density at radius 1 is 1.11 bits per heavy atom. The second kappa shape index (κ2) is 11.5. The minimum absolute atomic E-state index is 0.0454. The summed E-state index contributed by atoms with van der Waals surface area (Å²) in [4.78, 5) is 25.5. The van der Waals surface area contributed by atoms with Gasteiger partial charge in [0, 0.05) is 37.2 Å². The molecule has 0 spiro atoms. The van der Waals surface area contributed by atoms with E-state index < -0.39 is 0 Å². The van der Waals surface area contributed by atoms with Gasteiger partial charge in [0.2, 0.25) is 5.91 Å². The third-order valence-corrected chi connectivity index (χ3v) is 5.10. The molecule has 0 unspecified atom stereocenters. The number of carbonyl (C=O) groups excluding carboxylic acids is 2. The van der Waals surface area contributed by atoms with E-state index in [2.05, 4.69) is 10.6 Å². The van der Waals surface area contributed by atoms with E-state index >= 15 is 0 Å². The number of nitrogens with zero attached hydrogens (tertiary/aromatic N) is 1. The van der Waals surface area contributed by atoms with Crippen LogP contribution < -0.4 is 10.6 Å². The van der Waals surface area contributed by atoms with E-state index in [0.717, 1.165) is 11.3 Å². The van der Waals surface area contributed by atoms with Crippen LogP contribution in [0.25, 0.3) is 0 Å². The lowest BCUT2D eigenvalue weighted by Gasteiger charge is -2.16. The molecule has 2 rings (SSSR count). The third-order valence-electron chi connectivity index (χ3n) is 4.09. The Kier molecular flexibility index (Phi) is 8.97. The van der Waals surface area contributed by atoms with Crippen molar-refractivity contribution in [3.63, 3.8) is 0 Å². The average Bonchev–Trinajstić information content (AvgIpc) is 2.69. The van der Waals surface area contributed by atoms with Crippen molar-refractivity contribution in [2.75, 3.05) is 32.9 Å². The van der Waals surface area contributed by atoms with Gasteiger partial charge in [-0.3, -0.25) is 14.5 Å². The van der Waals surface area contributed by atoms with Crippen LogP contribution in [0.15, 0.2) is 48.5 Å². The Hall–Kier alpha value is -2.38. The Morgan fingerprint density at radius 3 is 2.50 bits per heavy atom. The van der Waals surface area contributed by atoms with Gasteiger partial charge in [0.15, 0.2) is 0 Å². The molecule has 0 saturated heterocycles. The zero-order valence-corrected chi connectivity index (χ0v) is 17.0. The largest absolute Gasteiger partial charge is 0.355 e. The van der Waals surface area contributed by atoms with Crippen molar-refractivity contribution in [3.8, 4) is 0 Å². The van der Waals surface area contributed by atoms with Crippen LogP contribution in [0.2, 0.25) is 0 Å². The van der Waals surface area contributed by atoms with Gasteiger partial charge < -0.3 is 10.6 Å². The van der Waals surface area contributed by atoms with E-state index in [-0.39, 0.29) is 24.2 Å². The highest BCUT2D eigenvalue weighted by atomic mass is 32.2. The topological polar surface area (TPSA) is 61.4 Å². The Balaban J connectivity index is 1.64. The number of halogens is 1. The fourth-order valence-electron chi connectivity index (χ4n) is 2.63. The maximum absolute atomic E-state index is 13.5. The summed E-state index contributed by atoms with van der Waals surface area (Å²) < 4.78 is 13.5. The second-order valence-electron chi connectivity index (χ2n) is 6.44. The van der Waals surface area contributed by atoms with Crippen LogP contribution in [0.4, 0.5) is 4.39 Å². The van der Waals surface area contributed by atoms with Crippen LogP contribution in [-0.2, 0) is 17.1 Å². The third kappa shape index (κ3) is 7.32. The lowest BCUT2D eigenvalue weighted by atomic mass is 10.1. The molecule has 5 nitrogen and oxygen atoms in total. The molecule has 7 heteroatoms. The summed E-state index contributed by atoms with van der Waals surface area (Å²) in [5, 5.41) is 5.47. The average molecular weight is 404 g/mol. The minimum atomic E-state index is -0.191. The van der Waals surface area contributed by atoms with Crippen LogP contribution in [0.3, 0.4) is 0 Å². The van der Waals surface area contributed by atoms with Gasteiger partial charge in [-0.1, -0.05) is 30.3 Å². The fraction of sp³-hybridized carbons (Fsp3) is 0.333. The molecule has 0 fully saturated rings. The van der Waals surface area contributed by atoms with Crippen molar-refractivity contribution in [2.45, 2.75) is 12.3 Å². The Bertz CT molecular complexity index is 783. The highest BCUT2D eigenvalue weighted by molar-refractivity contribution is 7.98. The summed E-state index contributed by atoms with van der Waals surface area (Å²) >= 11 is 1.59. The zero-order valence-electron chi connectivity index (χ0n) is 16.2. The number of benzene rings is 2. The summed E-state index contributed by atoms with van der Waals surface area (Å²) in [6.45, 7) is 1.45. The molecule has 0 heterocycles. The van der Waals surface area contributed by atoms with Gasteiger partial charge in [-0.25, -0.2) is 4.39 Å². The number of amides is 2. The highest BCUT2D eigenvalue weighted by Crippen LogP contribution is 2.14. The SMILES string of the molecule is CNC(=O)c1ccc(CN(C)CC(=O)NCCSCc2ccccc2F)cc1. The second-order valence-corrected chi connectivity index (χ2v) is 7.55. The molecular formula is C21H26FN3O2S. The molecule has 0 aliphatic heterocycles. The monoisotopic (exact) mass is 403 g/mol.